The van der Waals surface area contributed by atoms with Crippen LogP contribution in [-0.2, 0) is 9.53 Å². The van der Waals surface area contributed by atoms with Crippen molar-refractivity contribution in [2.45, 2.75) is 31.6 Å². The molecule has 0 aromatic heterocycles. The first kappa shape index (κ1) is 17.4. The van der Waals surface area contributed by atoms with Crippen molar-refractivity contribution in [1.29, 1.82) is 0 Å². The van der Waals surface area contributed by atoms with Crippen LogP contribution in [0.25, 0.3) is 0 Å². The van der Waals surface area contributed by atoms with E-state index in [1.807, 2.05) is 12.1 Å². The molecule has 1 amide bonds. The maximum atomic E-state index is 12.2. The van der Waals surface area contributed by atoms with Crippen molar-refractivity contribution in [3.8, 4) is 0 Å². The van der Waals surface area contributed by atoms with Gasteiger partial charge in [-0.2, -0.15) is 0 Å². The molecule has 0 fully saturated rings. The number of nitrogens with one attached hydrogen (secondary N) is 1. The molecular formula is C16H22BrNO3Si. The van der Waals surface area contributed by atoms with E-state index in [0.717, 1.165) is 11.6 Å². The molecule has 1 N–H and O–H groups in total. The molecule has 1 aromatic rings. The number of fused-ring (bicyclic) bond motifs is 1. The molecule has 0 bridgehead atoms. The number of carbonyl (C=O) groups is 2. The standard InChI is InChI=1S/C16H22BrNO3Si/c1-22(2,3)8-7-21-10-13-11-5-4-6-12(14(19)9-17)15(11)18-16(13)20/h4-6,13H,7-10H2,1-3H3,(H,18,20). The number of ketones is 1. The Bertz CT molecular complexity index is 583. The van der Waals surface area contributed by atoms with Crippen LogP contribution in [0.15, 0.2) is 18.2 Å². The molecule has 120 valence electrons. The molecule has 22 heavy (non-hydrogen) atoms. The molecule has 0 saturated heterocycles. The Hall–Kier alpha value is -0.983. The van der Waals surface area contributed by atoms with Crippen LogP contribution < -0.4 is 5.32 Å². The van der Waals surface area contributed by atoms with Crippen LogP contribution in [0.4, 0.5) is 5.69 Å². The number of Topliss-reactive ketones (excluding diaryl/α,β-unsaturated/α-hetero) is 1. The lowest BCUT2D eigenvalue weighted by Crippen LogP contribution is -2.23. The molecule has 1 unspecified atom stereocenters. The van der Waals surface area contributed by atoms with Crippen molar-refractivity contribution in [3.63, 3.8) is 0 Å². The first-order valence-electron chi connectivity index (χ1n) is 7.44. The van der Waals surface area contributed by atoms with Gasteiger partial charge in [0.05, 0.1) is 23.5 Å². The minimum absolute atomic E-state index is 0.0301. The zero-order valence-electron chi connectivity index (χ0n) is 13.2. The molecule has 0 saturated carbocycles. The van der Waals surface area contributed by atoms with Crippen LogP contribution in [0, 0.1) is 0 Å². The van der Waals surface area contributed by atoms with Crippen molar-refractivity contribution in [2.24, 2.45) is 0 Å². The molecule has 0 aliphatic carbocycles. The highest BCUT2D eigenvalue weighted by molar-refractivity contribution is 9.09. The van der Waals surface area contributed by atoms with E-state index < -0.39 is 8.07 Å². The van der Waals surface area contributed by atoms with E-state index in [0.29, 0.717) is 24.5 Å². The summed E-state index contributed by atoms with van der Waals surface area (Å²) >= 11 is 3.18. The smallest absolute Gasteiger partial charge is 0.234 e. The van der Waals surface area contributed by atoms with Gasteiger partial charge in [-0.05, 0) is 17.7 Å². The van der Waals surface area contributed by atoms with Crippen LogP contribution in [0.5, 0.6) is 0 Å². The van der Waals surface area contributed by atoms with Crippen LogP contribution in [0.1, 0.15) is 21.8 Å². The molecule has 1 atom stereocenters. The predicted octanol–water partition coefficient (Wildman–Crippen LogP) is 3.65. The second kappa shape index (κ2) is 7.06. The zero-order chi connectivity index (χ0) is 16.3. The fourth-order valence-corrected chi connectivity index (χ4v) is 3.46. The van der Waals surface area contributed by atoms with Gasteiger partial charge in [-0.25, -0.2) is 0 Å². The van der Waals surface area contributed by atoms with Gasteiger partial charge in [-0.3, -0.25) is 9.59 Å². The highest BCUT2D eigenvalue weighted by Gasteiger charge is 2.33. The van der Waals surface area contributed by atoms with Gasteiger partial charge in [-0.1, -0.05) is 47.7 Å². The summed E-state index contributed by atoms with van der Waals surface area (Å²) in [5, 5.41) is 3.08. The Morgan fingerprint density at radius 3 is 2.73 bits per heavy atom. The van der Waals surface area contributed by atoms with E-state index in [2.05, 4.69) is 40.9 Å². The second-order valence-electron chi connectivity index (χ2n) is 6.75. The Labute approximate surface area is 140 Å². The van der Waals surface area contributed by atoms with E-state index in [1.54, 1.807) is 6.07 Å². The molecule has 1 aromatic carbocycles. The molecule has 1 heterocycles. The average Bonchev–Trinajstić information content (AvgIpc) is 2.77. The Kier molecular flexibility index (Phi) is 5.58. The van der Waals surface area contributed by atoms with Crippen molar-refractivity contribution < 1.29 is 14.3 Å². The number of rotatable bonds is 7. The molecule has 1 aliphatic heterocycles. The third-order valence-electron chi connectivity index (χ3n) is 3.74. The lowest BCUT2D eigenvalue weighted by molar-refractivity contribution is -0.118. The van der Waals surface area contributed by atoms with Gasteiger partial charge in [-0.15, -0.1) is 0 Å². The molecule has 0 radical (unpaired) electrons. The molecule has 2 rings (SSSR count). The first-order chi connectivity index (χ1) is 10.3. The van der Waals surface area contributed by atoms with E-state index in [1.165, 1.54) is 0 Å². The molecule has 6 heteroatoms. The van der Waals surface area contributed by atoms with E-state index in [9.17, 15) is 9.59 Å². The zero-order valence-corrected chi connectivity index (χ0v) is 15.8. The van der Waals surface area contributed by atoms with Crippen molar-refractivity contribution in [2.75, 3.05) is 23.9 Å². The van der Waals surface area contributed by atoms with Crippen molar-refractivity contribution in [1.82, 2.24) is 0 Å². The molecular weight excluding hydrogens is 362 g/mol. The van der Waals surface area contributed by atoms with Gasteiger partial charge in [0.1, 0.15) is 0 Å². The molecule has 4 nitrogen and oxygen atoms in total. The Balaban J connectivity index is 2.08. The number of halogens is 1. The van der Waals surface area contributed by atoms with Gasteiger partial charge >= 0.3 is 0 Å². The lowest BCUT2D eigenvalue weighted by atomic mass is 9.98. The number of alkyl halides is 1. The summed E-state index contributed by atoms with van der Waals surface area (Å²) in [4.78, 5) is 24.1. The summed E-state index contributed by atoms with van der Waals surface area (Å²) in [6, 6.07) is 6.54. The fourth-order valence-electron chi connectivity index (χ4n) is 2.40. The summed E-state index contributed by atoms with van der Waals surface area (Å²) in [5.74, 6) is -0.435. The van der Waals surface area contributed by atoms with E-state index in [4.69, 9.17) is 4.74 Å². The van der Waals surface area contributed by atoms with Gasteiger partial charge in [0, 0.05) is 20.2 Å². The average molecular weight is 384 g/mol. The molecule has 0 spiro atoms. The first-order valence-corrected chi connectivity index (χ1v) is 12.3. The van der Waals surface area contributed by atoms with E-state index >= 15 is 0 Å². The van der Waals surface area contributed by atoms with Crippen LogP contribution in [0.3, 0.4) is 0 Å². The predicted molar refractivity (Wildman–Crippen MR) is 94.9 cm³/mol. The SMILES string of the molecule is C[Si](C)(C)CCOCC1C(=O)Nc2c(C(=O)CBr)cccc21. The van der Waals surface area contributed by atoms with Gasteiger partial charge < -0.3 is 10.1 Å². The Morgan fingerprint density at radius 2 is 2.09 bits per heavy atom. The van der Waals surface area contributed by atoms with E-state index in [-0.39, 0.29) is 22.9 Å². The fraction of sp³-hybridized carbons (Fsp3) is 0.500. The number of amides is 1. The number of anilines is 1. The Morgan fingerprint density at radius 1 is 1.36 bits per heavy atom. The van der Waals surface area contributed by atoms with Crippen LogP contribution in [0.2, 0.25) is 25.7 Å². The number of para-hydroxylation sites is 1. The van der Waals surface area contributed by atoms with Gasteiger partial charge in [0.15, 0.2) is 5.78 Å². The lowest BCUT2D eigenvalue weighted by Gasteiger charge is -2.16. The quantitative estimate of drug-likeness (QED) is 0.338. The normalized spacial score (nSPS) is 17.3. The van der Waals surface area contributed by atoms with Crippen LogP contribution in [-0.4, -0.2) is 38.3 Å². The van der Waals surface area contributed by atoms with Crippen molar-refractivity contribution >= 4 is 41.4 Å². The third kappa shape index (κ3) is 4.06. The summed E-state index contributed by atoms with van der Waals surface area (Å²) in [5.41, 5.74) is 2.08. The van der Waals surface area contributed by atoms with Crippen LogP contribution >= 0.6 is 15.9 Å². The second-order valence-corrected chi connectivity index (χ2v) is 12.9. The minimum Gasteiger partial charge on any atom is -0.381 e. The largest absolute Gasteiger partial charge is 0.381 e. The number of carbonyl (C=O) groups excluding carboxylic acids is 2. The monoisotopic (exact) mass is 383 g/mol. The van der Waals surface area contributed by atoms with Gasteiger partial charge in [0.2, 0.25) is 5.91 Å². The highest BCUT2D eigenvalue weighted by Crippen LogP contribution is 2.35. The maximum absolute atomic E-state index is 12.2. The molecule has 1 aliphatic rings. The summed E-state index contributed by atoms with van der Waals surface area (Å²) in [6.07, 6.45) is 0. The maximum Gasteiger partial charge on any atom is 0.234 e. The number of ether oxygens (including phenoxy) is 1. The topological polar surface area (TPSA) is 55.4 Å². The number of hydrogen-bond acceptors (Lipinski definition) is 3. The summed E-state index contributed by atoms with van der Waals surface area (Å²) in [6.45, 7) is 7.95. The number of benzene rings is 1. The summed E-state index contributed by atoms with van der Waals surface area (Å²) < 4.78 is 5.73. The minimum atomic E-state index is -1.13. The van der Waals surface area contributed by atoms with Gasteiger partial charge in [0.25, 0.3) is 0 Å². The summed E-state index contributed by atoms with van der Waals surface area (Å²) in [7, 11) is -1.13. The third-order valence-corrected chi connectivity index (χ3v) is 5.95. The van der Waals surface area contributed by atoms with Crippen molar-refractivity contribution in [3.05, 3.63) is 29.3 Å². The highest BCUT2D eigenvalue weighted by atomic mass is 79.9. The number of hydrogen-bond donors (Lipinski definition) is 1.